The first kappa shape index (κ1) is 12.7. The third-order valence-electron chi connectivity index (χ3n) is 0.733. The second kappa shape index (κ2) is 7.21. The summed E-state index contributed by atoms with van der Waals surface area (Å²) in [6.07, 6.45) is 0. The van der Waals surface area contributed by atoms with Crippen LogP contribution in [0, 0.1) is 0 Å². The van der Waals surface area contributed by atoms with Crippen LogP contribution in [0.4, 0.5) is 0 Å². The van der Waals surface area contributed by atoms with Crippen LogP contribution in [0.3, 0.4) is 0 Å². The number of rotatable bonds is 2. The third-order valence-corrected chi connectivity index (χ3v) is 1.43. The number of nitrogens with one attached hydrogen (secondary N) is 1. The Morgan fingerprint density at radius 3 is 2.70 bits per heavy atom. The van der Waals surface area contributed by atoms with Crippen molar-refractivity contribution in [2.75, 3.05) is 7.05 Å². The second-order valence-corrected chi connectivity index (χ2v) is 2.28. The predicted octanol–water partition coefficient (Wildman–Crippen LogP) is 1.10. The summed E-state index contributed by atoms with van der Waals surface area (Å²) < 4.78 is 0. The van der Waals surface area contributed by atoms with Crippen LogP contribution in [0.25, 0.3) is 0 Å². The Kier molecular flexibility index (Phi) is 9.19. The highest BCUT2D eigenvalue weighted by atomic mass is 35.5. The highest BCUT2D eigenvalue weighted by Gasteiger charge is 1.89. The van der Waals surface area contributed by atoms with E-state index in [0.717, 1.165) is 11.6 Å². The van der Waals surface area contributed by atoms with Crippen LogP contribution >= 0.6 is 36.2 Å². The van der Waals surface area contributed by atoms with Gasteiger partial charge in [-0.25, -0.2) is 0 Å². The molecule has 0 radical (unpaired) electrons. The Bertz CT molecular complexity index is 144. The molecule has 0 saturated carbocycles. The first-order chi connectivity index (χ1) is 3.93. The number of hydrogen-bond acceptors (Lipinski definition) is 4. The maximum atomic E-state index is 3.81. The molecule has 0 bridgehead atoms. The van der Waals surface area contributed by atoms with Gasteiger partial charge in [0.15, 0.2) is 0 Å². The summed E-state index contributed by atoms with van der Waals surface area (Å²) in [7, 11) is 1.89. The summed E-state index contributed by atoms with van der Waals surface area (Å²) in [6, 6.07) is 0. The molecule has 0 aliphatic carbocycles. The van der Waals surface area contributed by atoms with Gasteiger partial charge in [0.05, 0.1) is 0 Å². The van der Waals surface area contributed by atoms with Crippen molar-refractivity contribution < 1.29 is 0 Å². The molecule has 60 valence electrons. The van der Waals surface area contributed by atoms with E-state index >= 15 is 0 Å². The van der Waals surface area contributed by atoms with E-state index in [4.69, 9.17) is 0 Å². The normalized spacial score (nSPS) is 7.70. The molecule has 0 spiro atoms. The van der Waals surface area contributed by atoms with E-state index in [9.17, 15) is 0 Å². The quantitative estimate of drug-likeness (QED) is 0.780. The van der Waals surface area contributed by atoms with Crippen molar-refractivity contribution >= 4 is 36.2 Å². The Balaban J connectivity index is 0. The van der Waals surface area contributed by atoms with Gasteiger partial charge < -0.3 is 5.32 Å². The van der Waals surface area contributed by atoms with Gasteiger partial charge in [-0.2, -0.15) is 0 Å². The molecule has 3 nitrogen and oxygen atoms in total. The first-order valence-electron chi connectivity index (χ1n) is 2.33. The van der Waals surface area contributed by atoms with Crippen LogP contribution in [0.5, 0.6) is 0 Å². The van der Waals surface area contributed by atoms with Gasteiger partial charge >= 0.3 is 0 Å². The molecule has 1 rings (SSSR count). The summed E-state index contributed by atoms with van der Waals surface area (Å²) in [6.45, 7) is 0.824. The van der Waals surface area contributed by atoms with Crippen molar-refractivity contribution in [3.63, 3.8) is 0 Å². The molecular weight excluding hydrogens is 193 g/mol. The maximum absolute atomic E-state index is 3.81. The summed E-state index contributed by atoms with van der Waals surface area (Å²) in [5.74, 6) is 0. The van der Waals surface area contributed by atoms with Crippen LogP contribution in [-0.4, -0.2) is 17.2 Å². The van der Waals surface area contributed by atoms with Gasteiger partial charge in [0.2, 0.25) is 0 Å². The molecule has 0 atom stereocenters. The zero-order chi connectivity index (χ0) is 5.82. The average molecular weight is 202 g/mol. The van der Waals surface area contributed by atoms with Gasteiger partial charge in [0.1, 0.15) is 10.5 Å². The first-order valence-corrected chi connectivity index (χ1v) is 3.21. The molecule has 1 heterocycles. The van der Waals surface area contributed by atoms with Crippen molar-refractivity contribution in [2.45, 2.75) is 6.54 Å². The van der Waals surface area contributed by atoms with Crippen LogP contribution < -0.4 is 5.32 Å². The molecule has 0 unspecified atom stereocenters. The molecule has 1 aromatic rings. The Hall–Kier alpha value is 0.1000. The SMILES string of the molecule is CNCc1nncs1.Cl.Cl. The highest BCUT2D eigenvalue weighted by molar-refractivity contribution is 7.09. The summed E-state index contributed by atoms with van der Waals surface area (Å²) >= 11 is 1.56. The minimum atomic E-state index is 0. The fourth-order valence-electron chi connectivity index (χ4n) is 0.424. The van der Waals surface area contributed by atoms with E-state index in [-0.39, 0.29) is 24.8 Å². The molecule has 1 aromatic heterocycles. The summed E-state index contributed by atoms with van der Waals surface area (Å²) in [5, 5.41) is 11.5. The summed E-state index contributed by atoms with van der Waals surface area (Å²) in [5.41, 5.74) is 1.73. The Labute approximate surface area is 76.1 Å². The van der Waals surface area contributed by atoms with E-state index in [1.807, 2.05) is 7.05 Å². The lowest BCUT2D eigenvalue weighted by Gasteiger charge is -1.86. The average Bonchev–Trinajstić information content (AvgIpc) is 2.19. The number of hydrogen-bond donors (Lipinski definition) is 1. The molecule has 10 heavy (non-hydrogen) atoms. The van der Waals surface area contributed by atoms with E-state index in [1.54, 1.807) is 16.8 Å². The molecule has 0 aliphatic heterocycles. The van der Waals surface area contributed by atoms with E-state index in [0.29, 0.717) is 0 Å². The molecule has 0 aromatic carbocycles. The molecule has 1 N–H and O–H groups in total. The summed E-state index contributed by atoms with van der Waals surface area (Å²) in [4.78, 5) is 0. The Morgan fingerprint density at radius 2 is 2.30 bits per heavy atom. The van der Waals surface area contributed by atoms with Gasteiger partial charge in [-0.15, -0.1) is 46.3 Å². The van der Waals surface area contributed by atoms with Gasteiger partial charge in [-0.1, -0.05) is 0 Å². The van der Waals surface area contributed by atoms with Crippen LogP contribution in [0.15, 0.2) is 5.51 Å². The Morgan fingerprint density at radius 1 is 1.60 bits per heavy atom. The zero-order valence-corrected chi connectivity index (χ0v) is 7.85. The van der Waals surface area contributed by atoms with E-state index < -0.39 is 0 Å². The standard InChI is InChI=1S/C4H7N3S.2ClH/c1-5-2-4-7-6-3-8-4;;/h3,5H,2H2,1H3;2*1H. The van der Waals surface area contributed by atoms with Crippen molar-refractivity contribution in [3.05, 3.63) is 10.5 Å². The lowest BCUT2D eigenvalue weighted by Crippen LogP contribution is -2.04. The smallest absolute Gasteiger partial charge is 0.131 e. The highest BCUT2D eigenvalue weighted by Crippen LogP contribution is 1.98. The van der Waals surface area contributed by atoms with Crippen LogP contribution in [0.1, 0.15) is 5.01 Å². The lowest BCUT2D eigenvalue weighted by molar-refractivity contribution is 0.794. The molecule has 0 fully saturated rings. The second-order valence-electron chi connectivity index (χ2n) is 1.36. The third kappa shape index (κ3) is 4.00. The van der Waals surface area contributed by atoms with Crippen LogP contribution in [-0.2, 0) is 6.54 Å². The lowest BCUT2D eigenvalue weighted by atomic mass is 10.7. The monoisotopic (exact) mass is 201 g/mol. The maximum Gasteiger partial charge on any atom is 0.131 e. The minimum Gasteiger partial charge on any atom is -0.313 e. The van der Waals surface area contributed by atoms with Gasteiger partial charge in [0.25, 0.3) is 0 Å². The molecule has 0 saturated heterocycles. The van der Waals surface area contributed by atoms with Gasteiger partial charge in [0, 0.05) is 6.54 Å². The largest absolute Gasteiger partial charge is 0.313 e. The molecule has 6 heteroatoms. The van der Waals surface area contributed by atoms with Crippen molar-refractivity contribution in [2.24, 2.45) is 0 Å². The van der Waals surface area contributed by atoms with E-state index in [2.05, 4.69) is 15.5 Å². The van der Waals surface area contributed by atoms with Gasteiger partial charge in [-0.3, -0.25) is 0 Å². The number of aromatic nitrogens is 2. The van der Waals surface area contributed by atoms with E-state index in [1.165, 1.54) is 0 Å². The topological polar surface area (TPSA) is 37.8 Å². The van der Waals surface area contributed by atoms with Crippen molar-refractivity contribution in [3.8, 4) is 0 Å². The van der Waals surface area contributed by atoms with Gasteiger partial charge in [-0.05, 0) is 7.05 Å². The van der Waals surface area contributed by atoms with Crippen LogP contribution in [0.2, 0.25) is 0 Å². The molecular formula is C4H9Cl2N3S. The fourth-order valence-corrected chi connectivity index (χ4v) is 0.962. The zero-order valence-electron chi connectivity index (χ0n) is 5.40. The van der Waals surface area contributed by atoms with Crippen molar-refractivity contribution in [1.29, 1.82) is 0 Å². The van der Waals surface area contributed by atoms with Crippen molar-refractivity contribution in [1.82, 2.24) is 15.5 Å². The molecule has 0 aliphatic rings. The number of halogens is 2. The fraction of sp³-hybridized carbons (Fsp3) is 0.500. The minimum absolute atomic E-state index is 0. The predicted molar refractivity (Wildman–Crippen MR) is 47.2 cm³/mol. The molecule has 0 amide bonds. The number of nitrogens with zero attached hydrogens (tertiary/aromatic N) is 2.